The fourth-order valence-corrected chi connectivity index (χ4v) is 2.88. The second-order valence-electron chi connectivity index (χ2n) is 7.03. The fourth-order valence-electron chi connectivity index (χ4n) is 2.88. The van der Waals surface area contributed by atoms with Crippen LogP contribution in [0.25, 0.3) is 0 Å². The van der Waals surface area contributed by atoms with Crippen LogP contribution in [0.3, 0.4) is 0 Å². The monoisotopic (exact) mass is 306 g/mol. The molecule has 0 saturated carbocycles. The van der Waals surface area contributed by atoms with E-state index in [2.05, 4.69) is 50.0 Å². The lowest BCUT2D eigenvalue weighted by Gasteiger charge is -2.25. The van der Waals surface area contributed by atoms with E-state index in [1.807, 2.05) is 12.1 Å². The molecule has 5 nitrogen and oxygen atoms in total. The maximum absolute atomic E-state index is 5.56. The lowest BCUT2D eigenvalue weighted by Crippen LogP contribution is -2.41. The van der Waals surface area contributed by atoms with Gasteiger partial charge in [0.2, 0.25) is 0 Å². The van der Waals surface area contributed by atoms with E-state index in [9.17, 15) is 0 Å². The number of hydrogen-bond donors (Lipinski definition) is 1. The smallest absolute Gasteiger partial charge is 0.194 e. The number of likely N-dealkylation sites (tertiary alicyclic amines) is 1. The van der Waals surface area contributed by atoms with Crippen molar-refractivity contribution in [2.45, 2.75) is 33.2 Å². The van der Waals surface area contributed by atoms with Crippen LogP contribution in [0.4, 0.5) is 0 Å². The Morgan fingerprint density at radius 1 is 1.50 bits per heavy atom. The van der Waals surface area contributed by atoms with E-state index in [1.165, 1.54) is 6.42 Å². The molecule has 0 aromatic carbocycles. The molecule has 1 aliphatic heterocycles. The summed E-state index contributed by atoms with van der Waals surface area (Å²) >= 11 is 0. The van der Waals surface area contributed by atoms with Crippen LogP contribution < -0.4 is 5.32 Å². The highest BCUT2D eigenvalue weighted by atomic mass is 16.3. The van der Waals surface area contributed by atoms with Crippen LogP contribution in [0, 0.1) is 5.41 Å². The van der Waals surface area contributed by atoms with Crippen molar-refractivity contribution in [2.24, 2.45) is 10.4 Å². The van der Waals surface area contributed by atoms with Gasteiger partial charge in [0.1, 0.15) is 5.76 Å². The first-order chi connectivity index (χ1) is 10.4. The molecule has 0 amide bonds. The van der Waals surface area contributed by atoms with Crippen molar-refractivity contribution in [1.82, 2.24) is 15.1 Å². The molecule has 1 saturated heterocycles. The first-order valence-electron chi connectivity index (χ1n) is 8.16. The van der Waals surface area contributed by atoms with E-state index in [1.54, 1.807) is 6.26 Å². The highest BCUT2D eigenvalue weighted by molar-refractivity contribution is 5.80. The highest BCUT2D eigenvalue weighted by Gasteiger charge is 2.31. The SMILES string of the molecule is CCNC(=NCC(c1ccco1)N(C)C)N1CCC(C)(C)C1. The topological polar surface area (TPSA) is 44.0 Å². The number of hydrogen-bond acceptors (Lipinski definition) is 3. The van der Waals surface area contributed by atoms with Crippen molar-refractivity contribution in [2.75, 3.05) is 40.3 Å². The summed E-state index contributed by atoms with van der Waals surface area (Å²) in [6, 6.07) is 4.12. The molecule has 1 aromatic heterocycles. The Labute approximate surface area is 134 Å². The van der Waals surface area contributed by atoms with Crippen molar-refractivity contribution < 1.29 is 4.42 Å². The van der Waals surface area contributed by atoms with Gasteiger partial charge in [0, 0.05) is 19.6 Å². The predicted molar refractivity (Wildman–Crippen MR) is 91.1 cm³/mol. The normalized spacial score (nSPS) is 19.7. The number of rotatable bonds is 5. The Balaban J connectivity index is 2.09. The van der Waals surface area contributed by atoms with E-state index in [-0.39, 0.29) is 6.04 Å². The summed E-state index contributed by atoms with van der Waals surface area (Å²) in [5.41, 5.74) is 0.373. The van der Waals surface area contributed by atoms with Crippen LogP contribution in [0.5, 0.6) is 0 Å². The Morgan fingerprint density at radius 2 is 2.27 bits per heavy atom. The Kier molecular flexibility index (Phi) is 5.51. The summed E-state index contributed by atoms with van der Waals surface area (Å²) in [5.74, 6) is 1.98. The van der Waals surface area contributed by atoms with Crippen LogP contribution in [0.1, 0.15) is 39.0 Å². The van der Waals surface area contributed by atoms with Crippen LogP contribution in [-0.4, -0.2) is 56.0 Å². The van der Waals surface area contributed by atoms with Crippen LogP contribution in [0.15, 0.2) is 27.8 Å². The zero-order valence-corrected chi connectivity index (χ0v) is 14.6. The van der Waals surface area contributed by atoms with Crippen LogP contribution >= 0.6 is 0 Å². The highest BCUT2D eigenvalue weighted by Crippen LogP contribution is 2.29. The van der Waals surface area contributed by atoms with Crippen molar-refractivity contribution in [3.8, 4) is 0 Å². The van der Waals surface area contributed by atoms with Gasteiger partial charge in [-0.25, -0.2) is 0 Å². The Hall–Kier alpha value is -1.49. The molecule has 22 heavy (non-hydrogen) atoms. The number of nitrogens with one attached hydrogen (secondary N) is 1. The van der Waals surface area contributed by atoms with Gasteiger partial charge in [0.15, 0.2) is 5.96 Å². The van der Waals surface area contributed by atoms with Gasteiger partial charge in [-0.2, -0.15) is 0 Å². The molecule has 124 valence electrons. The predicted octanol–water partition coefficient (Wildman–Crippen LogP) is 2.58. The maximum atomic E-state index is 5.56. The minimum Gasteiger partial charge on any atom is -0.468 e. The van der Waals surface area contributed by atoms with E-state index >= 15 is 0 Å². The minimum atomic E-state index is 0.166. The molecule has 0 aliphatic carbocycles. The molecule has 2 rings (SSSR count). The van der Waals surface area contributed by atoms with E-state index in [0.29, 0.717) is 12.0 Å². The van der Waals surface area contributed by atoms with Crippen molar-refractivity contribution in [3.05, 3.63) is 24.2 Å². The zero-order chi connectivity index (χ0) is 16.2. The fraction of sp³-hybridized carbons (Fsp3) is 0.706. The molecule has 1 fully saturated rings. The second-order valence-corrected chi connectivity index (χ2v) is 7.03. The van der Waals surface area contributed by atoms with Crippen LogP contribution in [0.2, 0.25) is 0 Å². The molecule has 2 heterocycles. The maximum Gasteiger partial charge on any atom is 0.194 e. The Morgan fingerprint density at radius 3 is 2.77 bits per heavy atom. The third kappa shape index (κ3) is 4.26. The largest absolute Gasteiger partial charge is 0.468 e. The quantitative estimate of drug-likeness (QED) is 0.671. The number of furan rings is 1. The summed E-state index contributed by atoms with van der Waals surface area (Å²) < 4.78 is 5.56. The van der Waals surface area contributed by atoms with E-state index < -0.39 is 0 Å². The van der Waals surface area contributed by atoms with Gasteiger partial charge in [-0.1, -0.05) is 13.8 Å². The molecule has 1 atom stereocenters. The molecule has 1 aliphatic rings. The Bertz CT molecular complexity index is 479. The standard InChI is InChI=1S/C17H30N4O/c1-6-18-16(21-10-9-17(2,3)13-21)19-12-14(20(4)5)15-8-7-11-22-15/h7-8,11,14H,6,9-10,12-13H2,1-5H3,(H,18,19). The van der Waals surface area contributed by atoms with Gasteiger partial charge in [0.25, 0.3) is 0 Å². The molecular formula is C17H30N4O. The van der Waals surface area contributed by atoms with Crippen LogP contribution in [-0.2, 0) is 0 Å². The van der Waals surface area contributed by atoms with Gasteiger partial charge in [0.05, 0.1) is 18.8 Å². The summed E-state index contributed by atoms with van der Waals surface area (Å²) in [4.78, 5) is 9.39. The molecule has 0 bridgehead atoms. The summed E-state index contributed by atoms with van der Waals surface area (Å²) in [6.45, 7) is 10.5. The molecule has 1 aromatic rings. The van der Waals surface area contributed by atoms with Crippen molar-refractivity contribution in [3.63, 3.8) is 0 Å². The molecule has 1 N–H and O–H groups in total. The molecular weight excluding hydrogens is 276 g/mol. The molecule has 0 spiro atoms. The lowest BCUT2D eigenvalue weighted by molar-refractivity contribution is 0.264. The average Bonchev–Trinajstić information content (AvgIpc) is 3.07. The molecule has 0 radical (unpaired) electrons. The lowest BCUT2D eigenvalue weighted by atomic mass is 9.93. The van der Waals surface area contributed by atoms with Gasteiger partial charge in [-0.3, -0.25) is 9.89 Å². The summed E-state index contributed by atoms with van der Waals surface area (Å²) in [6.07, 6.45) is 2.94. The van der Waals surface area contributed by atoms with Gasteiger partial charge >= 0.3 is 0 Å². The number of likely N-dealkylation sites (N-methyl/N-ethyl adjacent to an activating group) is 1. The minimum absolute atomic E-state index is 0.166. The third-order valence-corrected chi connectivity index (χ3v) is 4.22. The van der Waals surface area contributed by atoms with Gasteiger partial charge in [-0.05, 0) is 45.0 Å². The zero-order valence-electron chi connectivity index (χ0n) is 14.6. The number of aliphatic imine (C=N–C) groups is 1. The van der Waals surface area contributed by atoms with Crippen molar-refractivity contribution >= 4 is 5.96 Å². The van der Waals surface area contributed by atoms with Crippen molar-refractivity contribution in [1.29, 1.82) is 0 Å². The second kappa shape index (κ2) is 7.18. The van der Waals surface area contributed by atoms with E-state index in [4.69, 9.17) is 9.41 Å². The van der Waals surface area contributed by atoms with E-state index in [0.717, 1.165) is 31.4 Å². The third-order valence-electron chi connectivity index (χ3n) is 4.22. The summed E-state index contributed by atoms with van der Waals surface area (Å²) in [7, 11) is 4.13. The number of nitrogens with zero attached hydrogens (tertiary/aromatic N) is 3. The molecule has 5 heteroatoms. The first-order valence-corrected chi connectivity index (χ1v) is 8.16. The average molecular weight is 306 g/mol. The van der Waals surface area contributed by atoms with Gasteiger partial charge in [-0.15, -0.1) is 0 Å². The summed E-state index contributed by atoms with van der Waals surface area (Å²) in [5, 5.41) is 3.43. The van der Waals surface area contributed by atoms with Gasteiger partial charge < -0.3 is 14.6 Å². The molecule has 1 unspecified atom stereocenters. The first kappa shape index (κ1) is 16.9. The number of guanidine groups is 1.